The highest BCUT2D eigenvalue weighted by atomic mass is 14.9. The normalized spacial score (nSPS) is 15.7. The van der Waals surface area contributed by atoms with Crippen molar-refractivity contribution in [3.63, 3.8) is 0 Å². The highest BCUT2D eigenvalue weighted by Gasteiger charge is 2.32. The van der Waals surface area contributed by atoms with E-state index in [4.69, 9.17) is 5.41 Å². The summed E-state index contributed by atoms with van der Waals surface area (Å²) in [6.07, 6.45) is 6.86. The van der Waals surface area contributed by atoms with E-state index in [1.807, 2.05) is 13.0 Å². The van der Waals surface area contributed by atoms with Gasteiger partial charge in [-0.2, -0.15) is 0 Å². The van der Waals surface area contributed by atoms with Crippen molar-refractivity contribution >= 4 is 23.4 Å². The Labute approximate surface area is 150 Å². The van der Waals surface area contributed by atoms with E-state index < -0.39 is 0 Å². The van der Waals surface area contributed by atoms with Gasteiger partial charge in [0.1, 0.15) is 0 Å². The molecule has 3 aromatic rings. The van der Waals surface area contributed by atoms with Crippen molar-refractivity contribution in [2.45, 2.75) is 20.3 Å². The molecule has 124 valence electrons. The first-order chi connectivity index (χ1) is 12.6. The minimum Gasteiger partial charge on any atom is -0.348 e. The van der Waals surface area contributed by atoms with Crippen molar-refractivity contribution in [2.75, 3.05) is 0 Å². The van der Waals surface area contributed by atoms with E-state index in [1.165, 1.54) is 49.9 Å². The Kier molecular flexibility index (Phi) is 2.42. The van der Waals surface area contributed by atoms with E-state index in [1.54, 1.807) is 6.33 Å². The van der Waals surface area contributed by atoms with Crippen molar-refractivity contribution in [3.05, 3.63) is 80.2 Å². The summed E-state index contributed by atoms with van der Waals surface area (Å²) in [6.45, 7) is 4.17. The maximum absolute atomic E-state index is 8.32. The second-order valence-corrected chi connectivity index (χ2v) is 7.50. The molecule has 0 bridgehead atoms. The predicted octanol–water partition coefficient (Wildman–Crippen LogP) is 3.07. The number of H-pyrrole nitrogens is 1. The Balaban J connectivity index is 1.89. The van der Waals surface area contributed by atoms with Gasteiger partial charge in [0.05, 0.1) is 17.7 Å². The zero-order valence-electron chi connectivity index (χ0n) is 14.7. The Morgan fingerprint density at radius 1 is 1.08 bits per heavy atom. The molecule has 6 rings (SSSR count). The molecule has 2 aromatic carbocycles. The van der Waals surface area contributed by atoms with Crippen LogP contribution in [0, 0.1) is 12.3 Å². The Bertz CT molecular complexity index is 1330. The summed E-state index contributed by atoms with van der Waals surface area (Å²) in [5.41, 5.74) is 12.9. The SMILES string of the molecule is CC1=Cc2ccc3c(c2=CC1=N)=C1c2nc[nH]c2Cc2cc(C)cc-3c21. The molecule has 3 nitrogen and oxygen atoms in total. The number of aryl methyl sites for hydroxylation is 1. The van der Waals surface area contributed by atoms with Gasteiger partial charge in [-0.1, -0.05) is 29.8 Å². The summed E-state index contributed by atoms with van der Waals surface area (Å²) in [7, 11) is 0. The minimum atomic E-state index is 0.594. The first-order valence-electron chi connectivity index (χ1n) is 8.95. The van der Waals surface area contributed by atoms with Gasteiger partial charge in [0.25, 0.3) is 0 Å². The van der Waals surface area contributed by atoms with E-state index in [-0.39, 0.29) is 0 Å². The fraction of sp³-hybridized carbons (Fsp3) is 0.130. The Morgan fingerprint density at radius 3 is 2.85 bits per heavy atom. The molecule has 26 heavy (non-hydrogen) atoms. The molecule has 0 unspecified atom stereocenters. The molecule has 0 atom stereocenters. The summed E-state index contributed by atoms with van der Waals surface area (Å²) >= 11 is 0. The second-order valence-electron chi connectivity index (χ2n) is 7.50. The second kappa shape index (κ2) is 4.50. The molecule has 2 N–H and O–H groups in total. The lowest BCUT2D eigenvalue weighted by atomic mass is 9.86. The van der Waals surface area contributed by atoms with Crippen molar-refractivity contribution in [2.24, 2.45) is 0 Å². The standard InChI is InChI=1S/C23H17N3/c1-11-5-14-8-19-23(26-10-25-19)22-20(14)17(6-11)15-4-3-13-7-12(2)18(24)9-16(13)21(15)22/h3-7,9-10,24H,8H2,1-2H3,(H,25,26). The molecule has 1 aromatic heterocycles. The molecule has 3 aliphatic rings. The molecule has 1 heterocycles. The number of rotatable bonds is 0. The van der Waals surface area contributed by atoms with Crippen LogP contribution in [0.4, 0.5) is 0 Å². The van der Waals surface area contributed by atoms with Crippen molar-refractivity contribution in [1.82, 2.24) is 9.97 Å². The molecular formula is C23H17N3. The summed E-state index contributed by atoms with van der Waals surface area (Å²) in [5, 5.41) is 10.7. The lowest BCUT2D eigenvalue weighted by molar-refractivity contribution is 1.07. The van der Waals surface area contributed by atoms with E-state index >= 15 is 0 Å². The van der Waals surface area contributed by atoms with Crippen molar-refractivity contribution in [3.8, 4) is 11.1 Å². The van der Waals surface area contributed by atoms with Gasteiger partial charge in [-0.05, 0) is 64.6 Å². The number of aromatic amines is 1. The van der Waals surface area contributed by atoms with Crippen LogP contribution >= 0.6 is 0 Å². The zero-order valence-corrected chi connectivity index (χ0v) is 14.7. The van der Waals surface area contributed by atoms with Crippen LogP contribution in [-0.4, -0.2) is 15.7 Å². The van der Waals surface area contributed by atoms with Crippen LogP contribution in [-0.2, 0) is 6.42 Å². The molecule has 0 aliphatic heterocycles. The molecule has 0 spiro atoms. The first-order valence-corrected chi connectivity index (χ1v) is 8.95. The Morgan fingerprint density at radius 2 is 1.96 bits per heavy atom. The van der Waals surface area contributed by atoms with Gasteiger partial charge in [-0.25, -0.2) is 4.98 Å². The maximum atomic E-state index is 8.32. The zero-order chi connectivity index (χ0) is 17.6. The molecule has 3 aliphatic carbocycles. The third-order valence-corrected chi connectivity index (χ3v) is 5.84. The lowest BCUT2D eigenvalue weighted by Crippen LogP contribution is -2.33. The average molecular weight is 335 g/mol. The number of fused-ring (bicyclic) bond motifs is 6. The average Bonchev–Trinajstić information content (AvgIpc) is 3.19. The molecule has 0 fully saturated rings. The van der Waals surface area contributed by atoms with E-state index in [9.17, 15) is 0 Å². The number of nitrogens with one attached hydrogen (secondary N) is 2. The van der Waals surface area contributed by atoms with E-state index in [0.717, 1.165) is 22.9 Å². The number of nitrogens with zero attached hydrogens (tertiary/aromatic N) is 1. The van der Waals surface area contributed by atoms with Crippen LogP contribution in [0.2, 0.25) is 0 Å². The highest BCUT2D eigenvalue weighted by molar-refractivity contribution is 6.22. The summed E-state index contributed by atoms with van der Waals surface area (Å²) in [6, 6.07) is 9.03. The van der Waals surface area contributed by atoms with Gasteiger partial charge in [0.2, 0.25) is 0 Å². The van der Waals surface area contributed by atoms with Gasteiger partial charge in [-0.15, -0.1) is 0 Å². The van der Waals surface area contributed by atoms with Crippen LogP contribution < -0.4 is 10.4 Å². The van der Waals surface area contributed by atoms with E-state index in [0.29, 0.717) is 5.71 Å². The quantitative estimate of drug-likeness (QED) is 0.449. The molecule has 0 amide bonds. The van der Waals surface area contributed by atoms with Gasteiger partial charge in [0.15, 0.2) is 0 Å². The van der Waals surface area contributed by atoms with Crippen molar-refractivity contribution < 1.29 is 0 Å². The van der Waals surface area contributed by atoms with Crippen LogP contribution in [0.3, 0.4) is 0 Å². The van der Waals surface area contributed by atoms with Crippen LogP contribution in [0.15, 0.2) is 36.2 Å². The molecular weight excluding hydrogens is 318 g/mol. The fourth-order valence-electron chi connectivity index (χ4n) is 4.71. The topological polar surface area (TPSA) is 52.5 Å². The fourth-order valence-corrected chi connectivity index (χ4v) is 4.71. The number of benzene rings is 2. The highest BCUT2D eigenvalue weighted by Crippen LogP contribution is 2.42. The number of aromatic nitrogens is 2. The van der Waals surface area contributed by atoms with Gasteiger partial charge < -0.3 is 10.4 Å². The number of imidazole rings is 1. The van der Waals surface area contributed by atoms with Crippen molar-refractivity contribution in [1.29, 1.82) is 5.41 Å². The van der Waals surface area contributed by atoms with Gasteiger partial charge in [-0.3, -0.25) is 0 Å². The van der Waals surface area contributed by atoms with Crippen LogP contribution in [0.5, 0.6) is 0 Å². The first kappa shape index (κ1) is 14.0. The number of hydrogen-bond acceptors (Lipinski definition) is 2. The third-order valence-electron chi connectivity index (χ3n) is 5.84. The molecule has 0 saturated carbocycles. The predicted molar refractivity (Wildman–Crippen MR) is 105 cm³/mol. The van der Waals surface area contributed by atoms with Crippen LogP contribution in [0.1, 0.15) is 40.6 Å². The minimum absolute atomic E-state index is 0.594. The summed E-state index contributed by atoms with van der Waals surface area (Å²) < 4.78 is 0. The molecule has 0 radical (unpaired) electrons. The number of allylic oxidation sites excluding steroid dienone is 1. The van der Waals surface area contributed by atoms with Gasteiger partial charge >= 0.3 is 0 Å². The van der Waals surface area contributed by atoms with E-state index in [2.05, 4.69) is 47.2 Å². The Hall–Kier alpha value is -3.20. The smallest absolute Gasteiger partial charge is 0.0929 e. The summed E-state index contributed by atoms with van der Waals surface area (Å²) in [4.78, 5) is 8.01. The van der Waals surface area contributed by atoms with Crippen LogP contribution in [0.25, 0.3) is 28.9 Å². The monoisotopic (exact) mass is 335 g/mol. The third kappa shape index (κ3) is 1.58. The maximum Gasteiger partial charge on any atom is 0.0929 e. The molecule has 3 heteroatoms. The summed E-state index contributed by atoms with van der Waals surface area (Å²) in [5.74, 6) is 0. The molecule has 0 saturated heterocycles. The lowest BCUT2D eigenvalue weighted by Gasteiger charge is -2.18. The van der Waals surface area contributed by atoms with Gasteiger partial charge in [0, 0.05) is 22.9 Å². The number of hydrogen-bond donors (Lipinski definition) is 2. The largest absolute Gasteiger partial charge is 0.348 e.